The Hall–Kier alpha value is -1.02. The van der Waals surface area contributed by atoms with E-state index >= 15 is 0 Å². The summed E-state index contributed by atoms with van der Waals surface area (Å²) in [4.78, 5) is 2.46. The van der Waals surface area contributed by atoms with Gasteiger partial charge in [0, 0.05) is 18.8 Å². The number of nitrogens with zero attached hydrogens (tertiary/aromatic N) is 1. The molecular formula is C16H26N2. The largest absolute Gasteiger partial charge is 0.385 e. The van der Waals surface area contributed by atoms with Gasteiger partial charge in [-0.05, 0) is 50.0 Å². The van der Waals surface area contributed by atoms with E-state index in [4.69, 9.17) is 0 Å². The smallest absolute Gasteiger partial charge is 0.0375 e. The maximum Gasteiger partial charge on any atom is 0.0375 e. The van der Waals surface area contributed by atoms with Crippen molar-refractivity contribution in [3.05, 3.63) is 29.3 Å². The first-order valence-corrected chi connectivity index (χ1v) is 7.34. The van der Waals surface area contributed by atoms with E-state index < -0.39 is 0 Å². The van der Waals surface area contributed by atoms with Gasteiger partial charge in [-0.2, -0.15) is 0 Å². The molecule has 0 radical (unpaired) electrons. The third-order valence-electron chi connectivity index (χ3n) is 3.78. The number of hydrogen-bond donors (Lipinski definition) is 1. The van der Waals surface area contributed by atoms with Crippen LogP contribution in [-0.2, 0) is 13.0 Å². The number of anilines is 1. The molecule has 0 saturated heterocycles. The highest BCUT2D eigenvalue weighted by Crippen LogP contribution is 2.26. The molecule has 2 heteroatoms. The van der Waals surface area contributed by atoms with Crippen molar-refractivity contribution in [3.63, 3.8) is 0 Å². The minimum absolute atomic E-state index is 1.09. The van der Waals surface area contributed by atoms with Crippen LogP contribution in [0.3, 0.4) is 0 Å². The number of rotatable bonds is 6. The van der Waals surface area contributed by atoms with E-state index in [0.29, 0.717) is 0 Å². The summed E-state index contributed by atoms with van der Waals surface area (Å²) in [5.74, 6) is 0. The van der Waals surface area contributed by atoms with Crippen LogP contribution >= 0.6 is 0 Å². The van der Waals surface area contributed by atoms with Crippen LogP contribution in [0.5, 0.6) is 0 Å². The van der Waals surface area contributed by atoms with Gasteiger partial charge < -0.3 is 10.2 Å². The molecule has 1 aromatic rings. The van der Waals surface area contributed by atoms with Crippen LogP contribution in [0, 0.1) is 0 Å². The van der Waals surface area contributed by atoms with Crippen molar-refractivity contribution in [2.24, 2.45) is 0 Å². The lowest BCUT2D eigenvalue weighted by Gasteiger charge is -2.24. The van der Waals surface area contributed by atoms with E-state index in [-0.39, 0.29) is 0 Å². The monoisotopic (exact) mass is 246 g/mol. The molecule has 0 fully saturated rings. The molecule has 1 aliphatic rings. The number of benzene rings is 1. The van der Waals surface area contributed by atoms with Gasteiger partial charge in [0.05, 0.1) is 0 Å². The Bertz CT molecular complexity index is 373. The van der Waals surface area contributed by atoms with Crippen LogP contribution in [0.4, 0.5) is 5.69 Å². The molecular weight excluding hydrogens is 220 g/mol. The topological polar surface area (TPSA) is 15.3 Å². The molecule has 100 valence electrons. The summed E-state index contributed by atoms with van der Waals surface area (Å²) in [5.41, 5.74) is 4.42. The minimum Gasteiger partial charge on any atom is -0.385 e. The van der Waals surface area contributed by atoms with Gasteiger partial charge in [0.1, 0.15) is 0 Å². The Kier molecular flexibility index (Phi) is 5.06. The van der Waals surface area contributed by atoms with Crippen LogP contribution in [-0.4, -0.2) is 25.0 Å². The normalized spacial score (nSPS) is 14.4. The fourth-order valence-corrected chi connectivity index (χ4v) is 2.73. The summed E-state index contributed by atoms with van der Waals surface area (Å²) in [5, 5.41) is 3.51. The van der Waals surface area contributed by atoms with E-state index in [1.807, 2.05) is 0 Å². The van der Waals surface area contributed by atoms with Gasteiger partial charge in [0.2, 0.25) is 0 Å². The van der Waals surface area contributed by atoms with Crippen LogP contribution in [0.2, 0.25) is 0 Å². The Balaban J connectivity index is 1.96. The lowest BCUT2D eigenvalue weighted by atomic mass is 9.97. The zero-order valence-electron chi connectivity index (χ0n) is 11.8. The van der Waals surface area contributed by atoms with Crippen LogP contribution in [0.15, 0.2) is 18.2 Å². The van der Waals surface area contributed by atoms with E-state index in [1.165, 1.54) is 49.9 Å². The first kappa shape index (κ1) is 13.4. The number of fused-ring (bicyclic) bond motifs is 1. The average Bonchev–Trinajstić information content (AvgIpc) is 2.39. The maximum atomic E-state index is 3.51. The van der Waals surface area contributed by atoms with Crippen LogP contribution in [0.25, 0.3) is 0 Å². The molecule has 0 spiro atoms. The number of nitrogens with one attached hydrogen (secondary N) is 1. The predicted octanol–water partition coefficient (Wildman–Crippen LogP) is 3.67. The van der Waals surface area contributed by atoms with Gasteiger partial charge in [-0.25, -0.2) is 0 Å². The third kappa shape index (κ3) is 3.49. The molecule has 0 atom stereocenters. The second-order valence-corrected chi connectivity index (χ2v) is 5.42. The zero-order valence-corrected chi connectivity index (χ0v) is 11.8. The summed E-state index contributed by atoms with van der Waals surface area (Å²) in [6, 6.07) is 6.70. The van der Waals surface area contributed by atoms with Crippen molar-refractivity contribution in [3.8, 4) is 0 Å². The molecule has 0 aromatic heterocycles. The summed E-state index contributed by atoms with van der Waals surface area (Å²) in [6.45, 7) is 5.70. The Morgan fingerprint density at radius 1 is 1.28 bits per heavy atom. The lowest BCUT2D eigenvalue weighted by Crippen LogP contribution is -2.21. The quantitative estimate of drug-likeness (QED) is 0.771. The van der Waals surface area contributed by atoms with E-state index in [9.17, 15) is 0 Å². The van der Waals surface area contributed by atoms with E-state index in [0.717, 1.165) is 13.1 Å². The molecule has 18 heavy (non-hydrogen) atoms. The summed E-state index contributed by atoms with van der Waals surface area (Å²) < 4.78 is 0. The zero-order chi connectivity index (χ0) is 12.8. The standard InChI is InChI=1S/C16H26N2/c1-3-4-5-12-18(2)13-14-8-6-10-16-15(14)9-7-11-17-16/h6,8,10,17H,3-5,7,9,11-13H2,1-2H3. The van der Waals surface area contributed by atoms with Crippen molar-refractivity contribution < 1.29 is 0 Å². The minimum atomic E-state index is 1.09. The van der Waals surface area contributed by atoms with Gasteiger partial charge in [-0.15, -0.1) is 0 Å². The highest BCUT2D eigenvalue weighted by molar-refractivity contribution is 5.56. The SMILES string of the molecule is CCCCCN(C)Cc1cccc2c1CCCN2. The molecule has 0 aliphatic carbocycles. The first-order valence-electron chi connectivity index (χ1n) is 7.34. The van der Waals surface area contributed by atoms with E-state index in [1.54, 1.807) is 5.56 Å². The fraction of sp³-hybridized carbons (Fsp3) is 0.625. The van der Waals surface area contributed by atoms with Crippen molar-refractivity contribution in [1.82, 2.24) is 4.90 Å². The highest BCUT2D eigenvalue weighted by Gasteiger charge is 2.13. The van der Waals surface area contributed by atoms with Crippen molar-refractivity contribution in [2.75, 3.05) is 25.5 Å². The van der Waals surface area contributed by atoms with Gasteiger partial charge in [-0.1, -0.05) is 31.9 Å². The molecule has 1 heterocycles. The summed E-state index contributed by atoms with van der Waals surface area (Å²) in [6.07, 6.45) is 6.47. The Morgan fingerprint density at radius 2 is 2.17 bits per heavy atom. The van der Waals surface area contributed by atoms with E-state index in [2.05, 4.69) is 42.4 Å². The number of unbranched alkanes of at least 4 members (excludes halogenated alkanes) is 2. The predicted molar refractivity (Wildman–Crippen MR) is 79.1 cm³/mol. The Morgan fingerprint density at radius 3 is 3.00 bits per heavy atom. The second kappa shape index (κ2) is 6.79. The molecule has 0 unspecified atom stereocenters. The van der Waals surface area contributed by atoms with Crippen LogP contribution in [0.1, 0.15) is 43.7 Å². The second-order valence-electron chi connectivity index (χ2n) is 5.42. The average molecular weight is 246 g/mol. The highest BCUT2D eigenvalue weighted by atomic mass is 15.1. The third-order valence-corrected chi connectivity index (χ3v) is 3.78. The Labute approximate surface area is 111 Å². The fourth-order valence-electron chi connectivity index (χ4n) is 2.73. The van der Waals surface area contributed by atoms with Gasteiger partial charge in [0.25, 0.3) is 0 Å². The first-order chi connectivity index (χ1) is 8.81. The molecule has 1 N–H and O–H groups in total. The maximum absolute atomic E-state index is 3.51. The van der Waals surface area contributed by atoms with Gasteiger partial charge in [0.15, 0.2) is 0 Å². The molecule has 1 aromatic carbocycles. The molecule has 1 aliphatic heterocycles. The molecule has 2 nitrogen and oxygen atoms in total. The van der Waals surface area contributed by atoms with Crippen LogP contribution < -0.4 is 5.32 Å². The van der Waals surface area contributed by atoms with Gasteiger partial charge >= 0.3 is 0 Å². The molecule has 0 saturated carbocycles. The summed E-state index contributed by atoms with van der Waals surface area (Å²) >= 11 is 0. The van der Waals surface area contributed by atoms with Crippen molar-refractivity contribution in [2.45, 2.75) is 45.6 Å². The van der Waals surface area contributed by atoms with Crippen molar-refractivity contribution >= 4 is 5.69 Å². The molecule has 2 rings (SSSR count). The number of hydrogen-bond acceptors (Lipinski definition) is 2. The van der Waals surface area contributed by atoms with Gasteiger partial charge in [-0.3, -0.25) is 0 Å². The summed E-state index contributed by atoms with van der Waals surface area (Å²) in [7, 11) is 2.24. The molecule has 0 bridgehead atoms. The van der Waals surface area contributed by atoms with Crippen molar-refractivity contribution in [1.29, 1.82) is 0 Å². The molecule has 0 amide bonds. The lowest BCUT2D eigenvalue weighted by molar-refractivity contribution is 0.317.